The molecule has 47 heavy (non-hydrogen) atoms. The molecule has 0 saturated carbocycles. The van der Waals surface area contributed by atoms with E-state index in [9.17, 15) is 24.9 Å². The van der Waals surface area contributed by atoms with Crippen LogP contribution in [0.25, 0.3) is 0 Å². The maximum Gasteiger partial charge on any atom is 0.407 e. The summed E-state index contributed by atoms with van der Waals surface area (Å²) in [6, 6.07) is 8.11. The van der Waals surface area contributed by atoms with Gasteiger partial charge in [-0.2, -0.15) is 0 Å². The maximum absolute atomic E-state index is 13.8. The lowest BCUT2D eigenvalue weighted by atomic mass is 9.95. The molecule has 0 spiro atoms. The highest BCUT2D eigenvalue weighted by atomic mass is 16.6. The Morgan fingerprint density at radius 3 is 1.79 bits per heavy atom. The lowest BCUT2D eigenvalue weighted by molar-refractivity contribution is -0.230. The average Bonchev–Trinajstić information content (AvgIpc) is 3.08. The number of ether oxygens (including phenoxy) is 2. The topological polar surface area (TPSA) is 129 Å². The summed E-state index contributed by atoms with van der Waals surface area (Å²) in [5, 5.41) is 34.4. The first kappa shape index (κ1) is 41.0. The van der Waals surface area contributed by atoms with Crippen molar-refractivity contribution in [3.8, 4) is 0 Å². The standard InChI is InChI=1S/C38H66N2O7/c1-3-5-7-9-11-13-15-17-19-24-28-40(33(42)27-23-18-16-14-12-10-8-6-4-2)37-34(36(44)35(43)32(29-41)47-37)39-38(45)46-30-31-25-21-20-22-26-31/h20-22,25-26,32,34-37,41,43-44H,3-19,23-24,27-30H2,1-2H3,(H,39,45)/t32-,34-,35+,36-,37-/m1/s1. The number of nitrogens with zero attached hydrogens (tertiary/aromatic N) is 1. The molecule has 0 radical (unpaired) electrons. The van der Waals surface area contributed by atoms with Crippen LogP contribution in [0.1, 0.15) is 148 Å². The van der Waals surface area contributed by atoms with Gasteiger partial charge in [-0.05, 0) is 18.4 Å². The van der Waals surface area contributed by atoms with Crippen molar-refractivity contribution in [2.75, 3.05) is 13.2 Å². The fraction of sp³-hybridized carbons (Fsp3) is 0.789. The quantitative estimate of drug-likeness (QED) is 0.0762. The molecule has 1 saturated heterocycles. The van der Waals surface area contributed by atoms with Crippen LogP contribution in [-0.4, -0.2) is 76.0 Å². The largest absolute Gasteiger partial charge is 0.445 e. The Morgan fingerprint density at radius 1 is 0.745 bits per heavy atom. The fourth-order valence-electron chi connectivity index (χ4n) is 6.32. The highest BCUT2D eigenvalue weighted by Crippen LogP contribution is 2.26. The zero-order valence-corrected chi connectivity index (χ0v) is 29.5. The Hall–Kier alpha value is -2.20. The molecule has 4 N–H and O–H groups in total. The first-order valence-corrected chi connectivity index (χ1v) is 18.8. The third-order valence-corrected chi connectivity index (χ3v) is 9.27. The summed E-state index contributed by atoms with van der Waals surface area (Å²) in [6.45, 7) is 4.35. The monoisotopic (exact) mass is 662 g/mol. The summed E-state index contributed by atoms with van der Waals surface area (Å²) in [4.78, 5) is 28.3. The van der Waals surface area contributed by atoms with Gasteiger partial charge < -0.3 is 35.0 Å². The molecular formula is C38H66N2O7. The van der Waals surface area contributed by atoms with Crippen molar-refractivity contribution in [1.29, 1.82) is 0 Å². The molecule has 0 aromatic heterocycles. The van der Waals surface area contributed by atoms with Crippen LogP contribution in [-0.2, 0) is 20.9 Å². The number of alkyl carbamates (subject to hydrolysis) is 1. The number of carbonyl (C=O) groups is 2. The molecule has 0 aliphatic carbocycles. The number of nitrogens with one attached hydrogen (secondary N) is 1. The van der Waals surface area contributed by atoms with Crippen LogP contribution in [0, 0.1) is 0 Å². The second-order valence-corrected chi connectivity index (χ2v) is 13.3. The van der Waals surface area contributed by atoms with E-state index in [0.29, 0.717) is 13.0 Å². The van der Waals surface area contributed by atoms with Gasteiger partial charge in [0, 0.05) is 13.0 Å². The molecule has 2 rings (SSSR count). The minimum absolute atomic E-state index is 0.0304. The molecule has 1 fully saturated rings. The van der Waals surface area contributed by atoms with Crippen molar-refractivity contribution < 1.29 is 34.4 Å². The summed E-state index contributed by atoms with van der Waals surface area (Å²) in [6.07, 6.45) is 16.3. The summed E-state index contributed by atoms with van der Waals surface area (Å²) in [5.41, 5.74) is 0.804. The van der Waals surface area contributed by atoms with Crippen LogP contribution < -0.4 is 5.32 Å². The molecular weight excluding hydrogens is 596 g/mol. The molecule has 1 aromatic rings. The van der Waals surface area contributed by atoms with Crippen LogP contribution in [0.3, 0.4) is 0 Å². The van der Waals surface area contributed by atoms with E-state index >= 15 is 0 Å². The van der Waals surface area contributed by atoms with Crippen LogP contribution in [0.15, 0.2) is 30.3 Å². The number of hydrogen-bond acceptors (Lipinski definition) is 7. The molecule has 1 aliphatic rings. The highest BCUT2D eigenvalue weighted by Gasteiger charge is 2.48. The van der Waals surface area contributed by atoms with Crippen LogP contribution in [0.2, 0.25) is 0 Å². The van der Waals surface area contributed by atoms with Crippen LogP contribution in [0.4, 0.5) is 4.79 Å². The molecule has 9 heteroatoms. The molecule has 2 amide bonds. The predicted molar refractivity (Wildman–Crippen MR) is 187 cm³/mol. The Labute approximate surface area is 284 Å². The van der Waals surface area contributed by atoms with E-state index < -0.39 is 43.3 Å². The molecule has 1 heterocycles. The number of carbonyl (C=O) groups excluding carboxylic acids is 2. The van der Waals surface area contributed by atoms with Gasteiger partial charge in [0.25, 0.3) is 0 Å². The summed E-state index contributed by atoms with van der Waals surface area (Å²) in [7, 11) is 0. The third kappa shape index (κ3) is 16.6. The van der Waals surface area contributed by atoms with E-state index in [4.69, 9.17) is 9.47 Å². The van der Waals surface area contributed by atoms with Gasteiger partial charge in [0.2, 0.25) is 5.91 Å². The lowest BCUT2D eigenvalue weighted by Crippen LogP contribution is -2.68. The number of rotatable bonds is 26. The number of amides is 2. The molecule has 9 nitrogen and oxygen atoms in total. The van der Waals surface area contributed by atoms with Crippen molar-refractivity contribution in [2.24, 2.45) is 0 Å². The van der Waals surface area contributed by atoms with Gasteiger partial charge in [0.15, 0.2) is 6.23 Å². The molecule has 270 valence electrons. The van der Waals surface area contributed by atoms with E-state index in [1.54, 1.807) is 4.90 Å². The molecule has 1 aromatic carbocycles. The van der Waals surface area contributed by atoms with Crippen LogP contribution >= 0.6 is 0 Å². The lowest BCUT2D eigenvalue weighted by Gasteiger charge is -2.46. The second kappa shape index (κ2) is 25.8. The first-order valence-electron chi connectivity index (χ1n) is 18.8. The van der Waals surface area contributed by atoms with Crippen molar-refractivity contribution in [3.63, 3.8) is 0 Å². The SMILES string of the molecule is CCCCCCCCCCCCN(C(=O)CCCCCCCCCCC)[C@@H]1O[C@H](CO)[C@H](O)[C@H](O)[C@H]1NC(=O)OCc1ccccc1. The van der Waals surface area contributed by atoms with E-state index in [2.05, 4.69) is 19.2 Å². The number of benzene rings is 1. The summed E-state index contributed by atoms with van der Waals surface area (Å²) in [5.74, 6) is -0.112. The molecule has 5 atom stereocenters. The summed E-state index contributed by atoms with van der Waals surface area (Å²) >= 11 is 0. The first-order chi connectivity index (χ1) is 22.9. The highest BCUT2D eigenvalue weighted by molar-refractivity contribution is 5.76. The van der Waals surface area contributed by atoms with Crippen LogP contribution in [0.5, 0.6) is 0 Å². The minimum Gasteiger partial charge on any atom is -0.445 e. The minimum atomic E-state index is -1.47. The van der Waals surface area contributed by atoms with Gasteiger partial charge in [-0.15, -0.1) is 0 Å². The second-order valence-electron chi connectivity index (χ2n) is 13.3. The number of hydrogen-bond donors (Lipinski definition) is 4. The van der Waals surface area contributed by atoms with Crippen molar-refractivity contribution in [3.05, 3.63) is 35.9 Å². The third-order valence-electron chi connectivity index (χ3n) is 9.27. The van der Waals surface area contributed by atoms with Gasteiger partial charge in [-0.25, -0.2) is 4.79 Å². The zero-order valence-electron chi connectivity index (χ0n) is 29.5. The Bertz CT molecular complexity index is 934. The van der Waals surface area contributed by atoms with Gasteiger partial charge in [-0.1, -0.05) is 153 Å². The average molecular weight is 663 g/mol. The predicted octanol–water partition coefficient (Wildman–Crippen LogP) is 7.39. The number of aliphatic hydroxyl groups is 3. The molecule has 1 aliphatic heterocycles. The Balaban J connectivity index is 2.03. The smallest absolute Gasteiger partial charge is 0.407 e. The Morgan fingerprint density at radius 2 is 1.26 bits per heavy atom. The Kier molecular flexibility index (Phi) is 22.5. The number of unbranched alkanes of at least 4 members (excludes halogenated alkanes) is 17. The molecule has 0 unspecified atom stereocenters. The van der Waals surface area contributed by atoms with E-state index in [1.165, 1.54) is 77.0 Å². The normalized spacial score (nSPS) is 21.0. The van der Waals surface area contributed by atoms with E-state index in [-0.39, 0.29) is 12.5 Å². The van der Waals surface area contributed by atoms with Crippen molar-refractivity contribution in [2.45, 2.75) is 179 Å². The van der Waals surface area contributed by atoms with E-state index in [0.717, 1.165) is 50.5 Å². The van der Waals surface area contributed by atoms with Crippen molar-refractivity contribution in [1.82, 2.24) is 10.2 Å². The van der Waals surface area contributed by atoms with Gasteiger partial charge in [-0.3, -0.25) is 4.79 Å². The van der Waals surface area contributed by atoms with Gasteiger partial charge in [0.1, 0.15) is 31.0 Å². The van der Waals surface area contributed by atoms with E-state index in [1.807, 2.05) is 30.3 Å². The molecule has 0 bridgehead atoms. The van der Waals surface area contributed by atoms with Gasteiger partial charge >= 0.3 is 6.09 Å². The maximum atomic E-state index is 13.8. The van der Waals surface area contributed by atoms with Crippen molar-refractivity contribution >= 4 is 12.0 Å². The zero-order chi connectivity index (χ0) is 34.1. The summed E-state index contributed by atoms with van der Waals surface area (Å²) < 4.78 is 11.5. The fourth-order valence-corrected chi connectivity index (χ4v) is 6.32. The number of aliphatic hydroxyl groups excluding tert-OH is 3. The van der Waals surface area contributed by atoms with Gasteiger partial charge in [0.05, 0.1) is 6.61 Å².